The normalized spacial score (nSPS) is 38.4. The van der Waals surface area contributed by atoms with Crippen molar-refractivity contribution in [3.05, 3.63) is 0 Å². The molecule has 2 rings (SSSR count). The van der Waals surface area contributed by atoms with Gasteiger partial charge in [-0.2, -0.15) is 11.8 Å². The fraction of sp³-hybridized carbons (Fsp3) is 1.00. The standard InChI is InChI=1S/C12H24N2S/c1-10-6-12(9-15-10)14-5-3-4-11(8-14)7-13-2/h10-13H,3-9H2,1-2H3. The Bertz CT molecular complexity index is 196. The van der Waals surface area contributed by atoms with Crippen molar-refractivity contribution in [1.29, 1.82) is 0 Å². The summed E-state index contributed by atoms with van der Waals surface area (Å²) in [5, 5.41) is 4.21. The lowest BCUT2D eigenvalue weighted by Crippen LogP contribution is -2.45. The second-order valence-corrected chi connectivity index (χ2v) is 6.57. The Balaban J connectivity index is 1.81. The van der Waals surface area contributed by atoms with Crippen LogP contribution in [0.5, 0.6) is 0 Å². The number of nitrogens with zero attached hydrogens (tertiary/aromatic N) is 1. The van der Waals surface area contributed by atoms with Gasteiger partial charge < -0.3 is 5.32 Å². The molecule has 0 spiro atoms. The molecule has 3 atom stereocenters. The summed E-state index contributed by atoms with van der Waals surface area (Å²) in [6.45, 7) is 6.25. The molecule has 3 unspecified atom stereocenters. The van der Waals surface area contributed by atoms with Crippen LogP contribution in [0.15, 0.2) is 0 Å². The van der Waals surface area contributed by atoms with Gasteiger partial charge in [-0.25, -0.2) is 0 Å². The Labute approximate surface area is 98.2 Å². The molecule has 2 aliphatic heterocycles. The molecule has 0 aliphatic carbocycles. The van der Waals surface area contributed by atoms with E-state index in [9.17, 15) is 0 Å². The van der Waals surface area contributed by atoms with Crippen molar-refractivity contribution >= 4 is 11.8 Å². The van der Waals surface area contributed by atoms with E-state index in [1.807, 2.05) is 0 Å². The zero-order valence-electron chi connectivity index (χ0n) is 10.0. The molecule has 3 heteroatoms. The average Bonchev–Trinajstić information content (AvgIpc) is 2.66. The predicted octanol–water partition coefficient (Wildman–Crippen LogP) is 1.81. The minimum Gasteiger partial charge on any atom is -0.319 e. The quantitative estimate of drug-likeness (QED) is 0.793. The second kappa shape index (κ2) is 5.55. The lowest BCUT2D eigenvalue weighted by molar-refractivity contribution is 0.132. The third-order valence-corrected chi connectivity index (χ3v) is 5.08. The maximum absolute atomic E-state index is 3.33. The van der Waals surface area contributed by atoms with Crippen LogP contribution in [0.3, 0.4) is 0 Å². The monoisotopic (exact) mass is 228 g/mol. The molecule has 0 aromatic heterocycles. The summed E-state index contributed by atoms with van der Waals surface area (Å²) in [5.41, 5.74) is 0. The number of thioether (sulfide) groups is 1. The van der Waals surface area contributed by atoms with E-state index in [1.165, 1.54) is 44.6 Å². The summed E-state index contributed by atoms with van der Waals surface area (Å²) in [7, 11) is 2.08. The fourth-order valence-electron chi connectivity index (χ4n) is 2.93. The Kier molecular flexibility index (Phi) is 4.35. The Morgan fingerprint density at radius 2 is 2.33 bits per heavy atom. The van der Waals surface area contributed by atoms with Crippen molar-refractivity contribution < 1.29 is 0 Å². The van der Waals surface area contributed by atoms with Crippen molar-refractivity contribution in [2.75, 3.05) is 32.4 Å². The van der Waals surface area contributed by atoms with Gasteiger partial charge in [-0.05, 0) is 45.3 Å². The van der Waals surface area contributed by atoms with E-state index in [1.54, 1.807) is 0 Å². The van der Waals surface area contributed by atoms with Gasteiger partial charge in [-0.1, -0.05) is 6.92 Å². The van der Waals surface area contributed by atoms with Crippen molar-refractivity contribution in [2.45, 2.75) is 37.5 Å². The molecule has 2 nitrogen and oxygen atoms in total. The lowest BCUT2D eigenvalue weighted by Gasteiger charge is -2.36. The summed E-state index contributed by atoms with van der Waals surface area (Å²) in [6.07, 6.45) is 4.24. The maximum Gasteiger partial charge on any atom is 0.0197 e. The molecule has 2 heterocycles. The van der Waals surface area contributed by atoms with Gasteiger partial charge in [0.05, 0.1) is 0 Å². The Hall–Kier alpha value is 0.270. The SMILES string of the molecule is CNCC1CCCN(C2CSC(C)C2)C1. The highest BCUT2D eigenvalue weighted by Gasteiger charge is 2.30. The molecule has 2 saturated heterocycles. The topological polar surface area (TPSA) is 15.3 Å². The van der Waals surface area contributed by atoms with Gasteiger partial charge in [0.25, 0.3) is 0 Å². The third kappa shape index (κ3) is 3.11. The van der Waals surface area contributed by atoms with Crippen molar-refractivity contribution in [3.63, 3.8) is 0 Å². The maximum atomic E-state index is 3.33. The number of hydrogen-bond acceptors (Lipinski definition) is 3. The fourth-order valence-corrected chi connectivity index (χ4v) is 4.19. The van der Waals surface area contributed by atoms with E-state index in [-0.39, 0.29) is 0 Å². The second-order valence-electron chi connectivity index (χ2n) is 5.09. The highest BCUT2D eigenvalue weighted by molar-refractivity contribution is 8.00. The van der Waals surface area contributed by atoms with Crippen molar-refractivity contribution in [2.24, 2.45) is 5.92 Å². The number of rotatable bonds is 3. The van der Waals surface area contributed by atoms with Gasteiger partial charge in [0, 0.05) is 23.6 Å². The molecule has 0 bridgehead atoms. The van der Waals surface area contributed by atoms with Crippen LogP contribution in [-0.2, 0) is 0 Å². The molecule has 0 aromatic carbocycles. The van der Waals surface area contributed by atoms with Crippen LogP contribution >= 0.6 is 11.8 Å². The Morgan fingerprint density at radius 3 is 3.00 bits per heavy atom. The first-order valence-corrected chi connectivity index (χ1v) is 7.34. The smallest absolute Gasteiger partial charge is 0.0197 e. The highest BCUT2D eigenvalue weighted by atomic mass is 32.2. The largest absolute Gasteiger partial charge is 0.319 e. The zero-order valence-corrected chi connectivity index (χ0v) is 10.9. The minimum atomic E-state index is 0.879. The Morgan fingerprint density at radius 1 is 1.47 bits per heavy atom. The van der Waals surface area contributed by atoms with E-state index in [4.69, 9.17) is 0 Å². The molecule has 0 aromatic rings. The van der Waals surface area contributed by atoms with Crippen LogP contribution in [0.2, 0.25) is 0 Å². The average molecular weight is 228 g/mol. The number of nitrogens with one attached hydrogen (secondary N) is 1. The summed E-state index contributed by atoms with van der Waals surface area (Å²) in [6, 6.07) is 0.879. The van der Waals surface area contributed by atoms with Gasteiger partial charge >= 0.3 is 0 Å². The van der Waals surface area contributed by atoms with Gasteiger partial charge in [0.15, 0.2) is 0 Å². The van der Waals surface area contributed by atoms with Crippen LogP contribution in [-0.4, -0.2) is 48.6 Å². The molecule has 2 aliphatic rings. The van der Waals surface area contributed by atoms with Gasteiger partial charge in [-0.3, -0.25) is 4.90 Å². The highest BCUT2D eigenvalue weighted by Crippen LogP contribution is 2.31. The van der Waals surface area contributed by atoms with Crippen LogP contribution in [0.1, 0.15) is 26.2 Å². The molecule has 0 amide bonds. The summed E-state index contributed by atoms with van der Waals surface area (Å²) >= 11 is 2.16. The van der Waals surface area contributed by atoms with Gasteiger partial charge in [-0.15, -0.1) is 0 Å². The van der Waals surface area contributed by atoms with Crippen LogP contribution < -0.4 is 5.32 Å². The van der Waals surface area contributed by atoms with E-state index in [0.717, 1.165) is 17.2 Å². The van der Waals surface area contributed by atoms with Crippen molar-refractivity contribution in [3.8, 4) is 0 Å². The molecule has 0 saturated carbocycles. The lowest BCUT2D eigenvalue weighted by atomic mass is 9.96. The predicted molar refractivity (Wildman–Crippen MR) is 68.5 cm³/mol. The minimum absolute atomic E-state index is 0.879. The number of likely N-dealkylation sites (tertiary alicyclic amines) is 1. The first-order valence-electron chi connectivity index (χ1n) is 6.30. The van der Waals surface area contributed by atoms with Crippen LogP contribution in [0.25, 0.3) is 0 Å². The first-order chi connectivity index (χ1) is 7.29. The first kappa shape index (κ1) is 11.7. The number of hydrogen-bond donors (Lipinski definition) is 1. The summed E-state index contributed by atoms with van der Waals surface area (Å²) in [5.74, 6) is 2.26. The molecule has 88 valence electrons. The van der Waals surface area contributed by atoms with Crippen LogP contribution in [0, 0.1) is 5.92 Å². The van der Waals surface area contributed by atoms with E-state index in [0.29, 0.717) is 0 Å². The summed E-state index contributed by atoms with van der Waals surface area (Å²) < 4.78 is 0. The van der Waals surface area contributed by atoms with Gasteiger partial charge in [0.1, 0.15) is 0 Å². The van der Waals surface area contributed by atoms with E-state index >= 15 is 0 Å². The molecule has 0 radical (unpaired) electrons. The van der Waals surface area contributed by atoms with E-state index in [2.05, 4.69) is 35.9 Å². The zero-order chi connectivity index (χ0) is 10.7. The molecule has 2 fully saturated rings. The third-order valence-electron chi connectivity index (χ3n) is 3.74. The molecule has 15 heavy (non-hydrogen) atoms. The molecule has 1 N–H and O–H groups in total. The molecular weight excluding hydrogens is 204 g/mol. The number of piperidine rings is 1. The van der Waals surface area contributed by atoms with Crippen LogP contribution in [0.4, 0.5) is 0 Å². The van der Waals surface area contributed by atoms with Crippen molar-refractivity contribution in [1.82, 2.24) is 10.2 Å². The molecular formula is C12H24N2S. The van der Waals surface area contributed by atoms with E-state index < -0.39 is 0 Å². The van der Waals surface area contributed by atoms with Gasteiger partial charge in [0.2, 0.25) is 0 Å². The summed E-state index contributed by atoms with van der Waals surface area (Å²) in [4.78, 5) is 2.75.